The largest absolute Gasteiger partial charge is 0.497 e. The molecule has 2 heterocycles. The lowest BCUT2D eigenvalue weighted by Gasteiger charge is -2.27. The Kier molecular flexibility index (Phi) is 4.18. The number of rotatable bonds is 5. The van der Waals surface area contributed by atoms with Gasteiger partial charge in [0.15, 0.2) is 0 Å². The summed E-state index contributed by atoms with van der Waals surface area (Å²) >= 11 is 0. The summed E-state index contributed by atoms with van der Waals surface area (Å²) in [6.07, 6.45) is 3.59. The van der Waals surface area contributed by atoms with Gasteiger partial charge in [-0.3, -0.25) is 4.79 Å². The summed E-state index contributed by atoms with van der Waals surface area (Å²) in [7, 11) is 1.67. The van der Waals surface area contributed by atoms with E-state index in [1.54, 1.807) is 7.11 Å². The average molecular weight is 379 g/mol. The quantitative estimate of drug-likeness (QED) is 0.868. The zero-order chi connectivity index (χ0) is 19.1. The van der Waals surface area contributed by atoms with E-state index in [-0.39, 0.29) is 17.2 Å². The van der Waals surface area contributed by atoms with Crippen LogP contribution in [0.15, 0.2) is 36.4 Å². The van der Waals surface area contributed by atoms with E-state index in [1.165, 1.54) is 11.1 Å². The predicted molar refractivity (Wildman–Crippen MR) is 105 cm³/mol. The number of methoxy groups -OCH3 is 1. The fourth-order valence-corrected chi connectivity index (χ4v) is 4.70. The Morgan fingerprint density at radius 3 is 2.93 bits per heavy atom. The minimum atomic E-state index is -0.0862. The fourth-order valence-electron chi connectivity index (χ4n) is 4.70. The first-order valence-corrected chi connectivity index (χ1v) is 10.0. The molecule has 1 fully saturated rings. The number of nitrogens with one attached hydrogen (secondary N) is 1. The van der Waals surface area contributed by atoms with Gasteiger partial charge in [0.1, 0.15) is 17.2 Å². The molecule has 1 aliphatic carbocycles. The molecule has 1 saturated carbocycles. The number of fused-ring (bicyclic) bond motifs is 3. The highest BCUT2D eigenvalue weighted by atomic mass is 16.5. The summed E-state index contributed by atoms with van der Waals surface area (Å²) < 4.78 is 16.7. The molecule has 3 aliphatic rings. The average Bonchev–Trinajstić information content (AvgIpc) is 3.24. The van der Waals surface area contributed by atoms with Crippen LogP contribution >= 0.6 is 0 Å². The van der Waals surface area contributed by atoms with Crippen molar-refractivity contribution in [3.05, 3.63) is 53.1 Å². The lowest BCUT2D eigenvalue weighted by Crippen LogP contribution is -2.32. The van der Waals surface area contributed by atoms with Crippen LogP contribution in [-0.4, -0.2) is 32.8 Å². The Bertz CT molecular complexity index is 925. The maximum absolute atomic E-state index is 12.8. The minimum absolute atomic E-state index is 0.0238. The maximum atomic E-state index is 12.8. The molecule has 2 aromatic carbocycles. The number of ether oxygens (including phenoxy) is 3. The highest BCUT2D eigenvalue weighted by Crippen LogP contribution is 2.61. The van der Waals surface area contributed by atoms with Crippen LogP contribution in [0.5, 0.6) is 17.2 Å². The molecule has 2 atom stereocenters. The van der Waals surface area contributed by atoms with Crippen LogP contribution in [-0.2, 0) is 23.1 Å². The second-order valence-corrected chi connectivity index (χ2v) is 7.95. The molecule has 146 valence electrons. The summed E-state index contributed by atoms with van der Waals surface area (Å²) in [6, 6.07) is 12.2. The number of carbonyl (C=O) groups excluding carboxylic acids is 1. The van der Waals surface area contributed by atoms with Gasteiger partial charge in [0.2, 0.25) is 5.91 Å². The third kappa shape index (κ3) is 2.89. The van der Waals surface area contributed by atoms with E-state index in [0.29, 0.717) is 13.2 Å². The normalized spacial score (nSPS) is 24.0. The van der Waals surface area contributed by atoms with Crippen molar-refractivity contribution in [2.75, 3.05) is 26.9 Å². The van der Waals surface area contributed by atoms with Crippen molar-refractivity contribution in [2.24, 2.45) is 5.92 Å². The first-order chi connectivity index (χ1) is 13.7. The summed E-state index contributed by atoms with van der Waals surface area (Å²) in [6.45, 7) is 2.10. The monoisotopic (exact) mass is 379 g/mol. The second kappa shape index (κ2) is 6.73. The van der Waals surface area contributed by atoms with Crippen molar-refractivity contribution in [2.45, 2.75) is 31.1 Å². The second-order valence-electron chi connectivity index (χ2n) is 7.95. The number of amides is 1. The Morgan fingerprint density at radius 1 is 1.18 bits per heavy atom. The predicted octanol–water partition coefficient (Wildman–Crippen LogP) is 3.03. The van der Waals surface area contributed by atoms with Gasteiger partial charge in [0, 0.05) is 29.9 Å². The van der Waals surface area contributed by atoms with Crippen molar-refractivity contribution in [1.82, 2.24) is 5.32 Å². The molecule has 0 aromatic heterocycles. The molecule has 1 N–H and O–H groups in total. The zero-order valence-electron chi connectivity index (χ0n) is 16.1. The molecule has 0 radical (unpaired) electrons. The van der Waals surface area contributed by atoms with Gasteiger partial charge >= 0.3 is 0 Å². The van der Waals surface area contributed by atoms with Crippen LogP contribution < -0.4 is 19.5 Å². The van der Waals surface area contributed by atoms with Gasteiger partial charge in [0.25, 0.3) is 0 Å². The summed E-state index contributed by atoms with van der Waals surface area (Å²) in [4.78, 5) is 12.8. The van der Waals surface area contributed by atoms with Gasteiger partial charge in [-0.25, -0.2) is 0 Å². The molecule has 5 heteroatoms. The molecule has 1 amide bonds. The van der Waals surface area contributed by atoms with Crippen molar-refractivity contribution in [3.8, 4) is 17.2 Å². The Balaban J connectivity index is 1.22. The molecular formula is C23H25NO4. The van der Waals surface area contributed by atoms with Crippen molar-refractivity contribution in [1.29, 1.82) is 0 Å². The van der Waals surface area contributed by atoms with Crippen LogP contribution in [0.1, 0.15) is 29.5 Å². The first-order valence-electron chi connectivity index (χ1n) is 10.0. The summed E-state index contributed by atoms with van der Waals surface area (Å²) in [5.74, 6) is 2.88. The smallest absolute Gasteiger partial charge is 0.224 e. The van der Waals surface area contributed by atoms with Gasteiger partial charge < -0.3 is 19.5 Å². The number of hydrogen-bond donors (Lipinski definition) is 1. The molecule has 0 unspecified atom stereocenters. The van der Waals surface area contributed by atoms with E-state index in [1.807, 2.05) is 24.3 Å². The van der Waals surface area contributed by atoms with Crippen LogP contribution in [0, 0.1) is 5.92 Å². The van der Waals surface area contributed by atoms with Gasteiger partial charge in [-0.2, -0.15) is 0 Å². The highest BCUT2D eigenvalue weighted by Gasteiger charge is 2.61. The van der Waals surface area contributed by atoms with Crippen LogP contribution in [0.4, 0.5) is 0 Å². The topological polar surface area (TPSA) is 56.8 Å². The van der Waals surface area contributed by atoms with Crippen molar-refractivity contribution < 1.29 is 19.0 Å². The van der Waals surface area contributed by atoms with E-state index < -0.39 is 0 Å². The van der Waals surface area contributed by atoms with Crippen LogP contribution in [0.25, 0.3) is 0 Å². The Morgan fingerprint density at radius 2 is 2.04 bits per heavy atom. The van der Waals surface area contributed by atoms with Gasteiger partial charge in [-0.15, -0.1) is 0 Å². The van der Waals surface area contributed by atoms with E-state index in [9.17, 15) is 4.79 Å². The van der Waals surface area contributed by atoms with Gasteiger partial charge in [-0.05, 0) is 54.7 Å². The third-order valence-electron chi connectivity index (χ3n) is 6.39. The SMILES string of the molecule is COc1ccc2c(c1)[C@@]1(CCO2)C[C@@H]1C(=O)NCCc1ccc2c(c1)CCO2. The van der Waals surface area contributed by atoms with Crippen LogP contribution in [0.3, 0.4) is 0 Å². The van der Waals surface area contributed by atoms with E-state index in [0.717, 1.165) is 55.1 Å². The summed E-state index contributed by atoms with van der Waals surface area (Å²) in [5, 5.41) is 3.15. The standard InChI is InChI=1S/C23H25NO4/c1-26-17-3-5-21-18(13-17)23(8-11-28-21)14-19(23)22(25)24-9-6-15-2-4-20-16(12-15)7-10-27-20/h2-5,12-13,19H,6-11,14H2,1H3,(H,24,25)/t19-,23-/m1/s1. The maximum Gasteiger partial charge on any atom is 0.224 e. The van der Waals surface area contributed by atoms with Crippen molar-refractivity contribution in [3.63, 3.8) is 0 Å². The molecule has 5 rings (SSSR count). The molecular weight excluding hydrogens is 354 g/mol. The van der Waals surface area contributed by atoms with E-state index >= 15 is 0 Å². The molecule has 5 nitrogen and oxygen atoms in total. The van der Waals surface area contributed by atoms with E-state index in [2.05, 4.69) is 17.4 Å². The number of carbonyl (C=O) groups is 1. The van der Waals surface area contributed by atoms with Gasteiger partial charge in [-0.1, -0.05) is 12.1 Å². The Labute approximate surface area is 165 Å². The lowest BCUT2D eigenvalue weighted by atomic mass is 9.87. The zero-order valence-corrected chi connectivity index (χ0v) is 16.1. The van der Waals surface area contributed by atoms with Crippen LogP contribution in [0.2, 0.25) is 0 Å². The van der Waals surface area contributed by atoms with E-state index in [4.69, 9.17) is 14.2 Å². The molecule has 0 bridgehead atoms. The molecule has 0 saturated heterocycles. The fraction of sp³-hybridized carbons (Fsp3) is 0.435. The van der Waals surface area contributed by atoms with Gasteiger partial charge in [0.05, 0.1) is 20.3 Å². The molecule has 28 heavy (non-hydrogen) atoms. The number of benzene rings is 2. The molecule has 2 aromatic rings. The lowest BCUT2D eigenvalue weighted by molar-refractivity contribution is -0.122. The summed E-state index contributed by atoms with van der Waals surface area (Å²) in [5.41, 5.74) is 3.56. The Hall–Kier alpha value is -2.69. The first kappa shape index (κ1) is 17.4. The molecule has 2 aliphatic heterocycles. The minimum Gasteiger partial charge on any atom is -0.497 e. The van der Waals surface area contributed by atoms with Crippen molar-refractivity contribution >= 4 is 5.91 Å². The highest BCUT2D eigenvalue weighted by molar-refractivity contribution is 5.85. The third-order valence-corrected chi connectivity index (χ3v) is 6.39. The molecule has 1 spiro atoms. The number of hydrogen-bond acceptors (Lipinski definition) is 4.